The van der Waals surface area contributed by atoms with Crippen molar-refractivity contribution in [2.24, 2.45) is 7.05 Å². The lowest BCUT2D eigenvalue weighted by molar-refractivity contribution is -0.167. The lowest BCUT2D eigenvalue weighted by Gasteiger charge is -2.38. The van der Waals surface area contributed by atoms with E-state index in [1.54, 1.807) is 0 Å². The molecule has 1 aliphatic rings. The standard InChI is InChI=1S/C30H27F8N3O5/c1-14-8-16(4-5-18(14)24-19(29(33,34)35)9-15(2)40(3)27(24)43)10-22(28(44)45)39-26(42)25-20(31)11-17(12-21(25)32)41-6-7-46-13-23(41)30(36,37)38/h4-5,8-9,11-12,22-23H,6-7,10,13H2,1-3H3,(H,39,42)(H,44,45)/t22-,23+/m0/s1. The predicted molar refractivity (Wildman–Crippen MR) is 149 cm³/mol. The van der Waals surface area contributed by atoms with Crippen LogP contribution in [0.4, 0.5) is 40.8 Å². The van der Waals surface area contributed by atoms with Gasteiger partial charge in [0.1, 0.15) is 29.3 Å². The number of carbonyl (C=O) groups excluding carboxylic acids is 1. The molecule has 2 N–H and O–H groups in total. The molecule has 0 spiro atoms. The molecule has 1 fully saturated rings. The van der Waals surface area contributed by atoms with Crippen molar-refractivity contribution in [2.45, 2.75) is 44.7 Å². The van der Waals surface area contributed by atoms with Gasteiger partial charge in [0.15, 0.2) is 0 Å². The van der Waals surface area contributed by atoms with Gasteiger partial charge in [-0.15, -0.1) is 0 Å². The summed E-state index contributed by atoms with van der Waals surface area (Å²) in [7, 11) is 1.31. The molecule has 2 atom stereocenters. The second-order valence-electron chi connectivity index (χ2n) is 10.8. The topological polar surface area (TPSA) is 101 Å². The van der Waals surface area contributed by atoms with Gasteiger partial charge < -0.3 is 24.6 Å². The molecule has 2 aromatic carbocycles. The van der Waals surface area contributed by atoms with E-state index in [1.807, 2.05) is 5.32 Å². The van der Waals surface area contributed by atoms with E-state index < -0.39 is 88.9 Å². The Balaban J connectivity index is 1.60. The predicted octanol–water partition coefficient (Wildman–Crippen LogP) is 5.16. The molecule has 2 heterocycles. The molecule has 0 radical (unpaired) electrons. The fourth-order valence-electron chi connectivity index (χ4n) is 5.23. The Hall–Kier alpha value is -4.47. The third-order valence-electron chi connectivity index (χ3n) is 7.67. The number of aromatic nitrogens is 1. The number of rotatable bonds is 7. The van der Waals surface area contributed by atoms with Crippen molar-refractivity contribution >= 4 is 17.6 Å². The number of anilines is 1. The number of aryl methyl sites for hydroxylation is 2. The Morgan fingerprint density at radius 3 is 2.22 bits per heavy atom. The van der Waals surface area contributed by atoms with Crippen LogP contribution < -0.4 is 15.8 Å². The smallest absolute Gasteiger partial charge is 0.417 e. The molecule has 1 aromatic heterocycles. The Morgan fingerprint density at radius 1 is 1.04 bits per heavy atom. The van der Waals surface area contributed by atoms with E-state index in [9.17, 15) is 54.6 Å². The third-order valence-corrected chi connectivity index (χ3v) is 7.67. The van der Waals surface area contributed by atoms with E-state index in [2.05, 4.69) is 0 Å². The van der Waals surface area contributed by atoms with Crippen LogP contribution >= 0.6 is 0 Å². The normalized spacial score (nSPS) is 16.3. The second-order valence-corrected chi connectivity index (χ2v) is 10.8. The maximum absolute atomic E-state index is 15.0. The van der Waals surface area contributed by atoms with Crippen molar-refractivity contribution in [3.8, 4) is 11.1 Å². The van der Waals surface area contributed by atoms with Crippen molar-refractivity contribution in [3.05, 3.63) is 86.3 Å². The van der Waals surface area contributed by atoms with Gasteiger partial charge in [-0.05, 0) is 48.7 Å². The summed E-state index contributed by atoms with van der Waals surface area (Å²) >= 11 is 0. The number of hydrogen-bond acceptors (Lipinski definition) is 5. The maximum Gasteiger partial charge on any atom is 0.417 e. The summed E-state index contributed by atoms with van der Waals surface area (Å²) in [5, 5.41) is 11.7. The maximum atomic E-state index is 15.0. The van der Waals surface area contributed by atoms with E-state index in [0.29, 0.717) is 17.0 Å². The molecular weight excluding hydrogens is 634 g/mol. The average molecular weight is 662 g/mol. The zero-order valence-electron chi connectivity index (χ0n) is 24.4. The molecule has 3 aromatic rings. The van der Waals surface area contributed by atoms with Gasteiger partial charge in [0.2, 0.25) is 0 Å². The quantitative estimate of drug-likeness (QED) is 0.340. The first kappa shape index (κ1) is 34.4. The lowest BCUT2D eigenvalue weighted by Crippen LogP contribution is -2.53. The number of amides is 1. The molecule has 4 rings (SSSR count). The highest BCUT2D eigenvalue weighted by Gasteiger charge is 2.46. The number of morpholine rings is 1. The van der Waals surface area contributed by atoms with Gasteiger partial charge in [0.25, 0.3) is 11.5 Å². The molecule has 0 saturated carbocycles. The number of halogens is 8. The van der Waals surface area contributed by atoms with Gasteiger partial charge in [-0.3, -0.25) is 9.59 Å². The molecule has 8 nitrogen and oxygen atoms in total. The number of alkyl halides is 6. The van der Waals surface area contributed by atoms with Crippen LogP contribution in [0.5, 0.6) is 0 Å². The van der Waals surface area contributed by atoms with Gasteiger partial charge in [0.05, 0.1) is 24.3 Å². The van der Waals surface area contributed by atoms with Crippen LogP contribution in [0.25, 0.3) is 11.1 Å². The zero-order valence-corrected chi connectivity index (χ0v) is 24.4. The molecule has 1 aliphatic heterocycles. The van der Waals surface area contributed by atoms with E-state index in [1.165, 1.54) is 39.1 Å². The minimum absolute atomic E-state index is 0.0650. The Bertz CT molecular complexity index is 1710. The van der Waals surface area contributed by atoms with Crippen molar-refractivity contribution in [3.63, 3.8) is 0 Å². The summed E-state index contributed by atoms with van der Waals surface area (Å²) in [5.41, 5.74) is -4.03. The number of hydrogen-bond donors (Lipinski definition) is 2. The Labute approximate surface area is 256 Å². The number of carboxylic acid groups (broad SMARTS) is 1. The van der Waals surface area contributed by atoms with Crippen molar-refractivity contribution in [1.29, 1.82) is 0 Å². The van der Waals surface area contributed by atoms with Crippen LogP contribution in [0, 0.1) is 25.5 Å². The van der Waals surface area contributed by atoms with Gasteiger partial charge in [-0.1, -0.05) is 18.2 Å². The van der Waals surface area contributed by atoms with Gasteiger partial charge in [0, 0.05) is 31.4 Å². The highest BCUT2D eigenvalue weighted by Crippen LogP contribution is 2.37. The first-order valence-corrected chi connectivity index (χ1v) is 13.6. The Kier molecular flexibility index (Phi) is 9.52. The summed E-state index contributed by atoms with van der Waals surface area (Å²) in [6.45, 7) is 1.47. The van der Waals surface area contributed by atoms with E-state index >= 15 is 0 Å². The molecule has 1 saturated heterocycles. The molecule has 0 bridgehead atoms. The van der Waals surface area contributed by atoms with E-state index in [4.69, 9.17) is 4.74 Å². The summed E-state index contributed by atoms with van der Waals surface area (Å²) in [5.74, 6) is -6.20. The average Bonchev–Trinajstić information content (AvgIpc) is 2.94. The van der Waals surface area contributed by atoms with Crippen molar-refractivity contribution in [2.75, 3.05) is 24.7 Å². The minimum atomic E-state index is -4.86. The first-order chi connectivity index (χ1) is 21.3. The van der Waals surface area contributed by atoms with Crippen molar-refractivity contribution in [1.82, 2.24) is 9.88 Å². The molecule has 0 unspecified atom stereocenters. The summed E-state index contributed by atoms with van der Waals surface area (Å²) in [6, 6.07) is 1.67. The fraction of sp³-hybridized carbons (Fsp3) is 0.367. The van der Waals surface area contributed by atoms with Crippen LogP contribution in [0.1, 0.15) is 32.7 Å². The van der Waals surface area contributed by atoms with Crippen LogP contribution in [0.3, 0.4) is 0 Å². The van der Waals surface area contributed by atoms with Crippen LogP contribution in [0.15, 0.2) is 41.2 Å². The number of aliphatic carboxylic acids is 1. The van der Waals surface area contributed by atoms with Crippen LogP contribution in [-0.4, -0.2) is 59.6 Å². The van der Waals surface area contributed by atoms with Crippen LogP contribution in [0.2, 0.25) is 0 Å². The zero-order chi connectivity index (χ0) is 34.3. The highest BCUT2D eigenvalue weighted by molar-refractivity contribution is 5.97. The lowest BCUT2D eigenvalue weighted by atomic mass is 9.93. The molecular formula is C30H27F8N3O5. The number of pyridine rings is 1. The van der Waals surface area contributed by atoms with Gasteiger partial charge in [-0.2, -0.15) is 26.3 Å². The van der Waals surface area contributed by atoms with Crippen molar-refractivity contribution < 1.29 is 54.6 Å². The molecule has 248 valence electrons. The number of ether oxygens (including phenoxy) is 1. The third kappa shape index (κ3) is 7.00. The van der Waals surface area contributed by atoms with Crippen LogP contribution in [-0.2, 0) is 29.2 Å². The molecule has 46 heavy (non-hydrogen) atoms. The SMILES string of the molecule is Cc1cc(C[C@H](NC(=O)c2c(F)cc(N3CCOC[C@@H]3C(F)(F)F)cc2F)C(=O)O)ccc1-c1c(C(F)(F)F)cc(C)n(C)c1=O. The monoisotopic (exact) mass is 661 g/mol. The number of carbonyl (C=O) groups is 2. The Morgan fingerprint density at radius 2 is 1.67 bits per heavy atom. The number of nitrogens with zero attached hydrogens (tertiary/aromatic N) is 2. The number of carboxylic acids is 1. The molecule has 0 aliphatic carbocycles. The van der Waals surface area contributed by atoms with Gasteiger partial charge >= 0.3 is 18.3 Å². The second kappa shape index (κ2) is 12.7. The largest absolute Gasteiger partial charge is 0.480 e. The first-order valence-electron chi connectivity index (χ1n) is 13.6. The summed E-state index contributed by atoms with van der Waals surface area (Å²) in [6.07, 6.45) is -10.1. The van der Waals surface area contributed by atoms with Gasteiger partial charge in [-0.25, -0.2) is 13.6 Å². The molecule has 16 heteroatoms. The highest BCUT2D eigenvalue weighted by atomic mass is 19.4. The summed E-state index contributed by atoms with van der Waals surface area (Å²) in [4.78, 5) is 38.4. The van der Waals surface area contributed by atoms with E-state index in [0.717, 1.165) is 10.6 Å². The number of nitrogens with one attached hydrogen (secondary N) is 1. The minimum Gasteiger partial charge on any atom is -0.480 e. The number of benzene rings is 2. The molecule has 1 amide bonds. The summed E-state index contributed by atoms with van der Waals surface area (Å²) < 4.78 is 118. The van der Waals surface area contributed by atoms with E-state index in [-0.39, 0.29) is 35.5 Å². The fourth-order valence-corrected chi connectivity index (χ4v) is 5.23.